The van der Waals surface area contributed by atoms with Crippen LogP contribution in [0.1, 0.15) is 29.8 Å². The van der Waals surface area contributed by atoms with E-state index in [2.05, 4.69) is 26.4 Å². The Bertz CT molecular complexity index is 513. The lowest BCUT2D eigenvalue weighted by molar-refractivity contribution is 0.0943. The molecule has 0 aromatic heterocycles. The Morgan fingerprint density at radius 2 is 2.16 bits per heavy atom. The van der Waals surface area contributed by atoms with Gasteiger partial charge >= 0.3 is 0 Å². The number of carbonyl (C=O) groups excluding carboxylic acids is 1. The number of aryl methyl sites for hydroxylation is 1. The summed E-state index contributed by atoms with van der Waals surface area (Å²) < 4.78 is 0.772. The second-order valence-electron chi connectivity index (χ2n) is 4.99. The fraction of sp³-hybridized carbons (Fsp3) is 0.385. The van der Waals surface area contributed by atoms with Crippen LogP contribution in [0.25, 0.3) is 0 Å². The molecule has 1 rings (SSSR count). The molecule has 0 fully saturated rings. The average molecular weight is 328 g/mol. The molecular weight excluding hydrogens is 310 g/mol. The van der Waals surface area contributed by atoms with Crippen LogP contribution < -0.4 is 11.1 Å². The molecule has 0 radical (unpaired) electrons. The standard InChI is InChI=1S/C13H18BrN3O2/c1-8-5-4-6-9(10(8)14)11(18)16-7-13(2,3)12(15)17-19/h4-6,19H,7H2,1-3H3,(H2,15,17)(H,16,18). The number of nitrogens with two attached hydrogens (primary N) is 1. The summed E-state index contributed by atoms with van der Waals surface area (Å²) in [7, 11) is 0. The molecule has 1 amide bonds. The summed E-state index contributed by atoms with van der Waals surface area (Å²) in [4.78, 5) is 12.1. The number of oxime groups is 1. The zero-order valence-corrected chi connectivity index (χ0v) is 12.8. The molecule has 0 spiro atoms. The monoisotopic (exact) mass is 327 g/mol. The minimum absolute atomic E-state index is 0.0797. The Balaban J connectivity index is 2.79. The third-order valence-corrected chi connectivity index (χ3v) is 3.98. The van der Waals surface area contributed by atoms with Gasteiger partial charge in [-0.05, 0) is 34.5 Å². The van der Waals surface area contributed by atoms with Gasteiger partial charge in [0.05, 0.1) is 5.56 Å². The first-order valence-electron chi connectivity index (χ1n) is 5.81. The molecule has 0 unspecified atom stereocenters. The predicted octanol–water partition coefficient (Wildman–Crippen LogP) is 2.26. The molecule has 1 aromatic carbocycles. The number of amides is 1. The highest BCUT2D eigenvalue weighted by Crippen LogP contribution is 2.21. The van der Waals surface area contributed by atoms with Gasteiger partial charge in [-0.3, -0.25) is 4.79 Å². The molecule has 0 saturated heterocycles. The molecule has 104 valence electrons. The van der Waals surface area contributed by atoms with E-state index in [-0.39, 0.29) is 18.3 Å². The van der Waals surface area contributed by atoms with Gasteiger partial charge in [0.2, 0.25) is 0 Å². The number of nitrogens with zero attached hydrogens (tertiary/aromatic N) is 1. The van der Waals surface area contributed by atoms with Gasteiger partial charge in [0.25, 0.3) is 5.91 Å². The number of hydrogen-bond donors (Lipinski definition) is 3. The molecule has 4 N–H and O–H groups in total. The number of rotatable bonds is 4. The number of amidine groups is 1. The third-order valence-electron chi connectivity index (χ3n) is 2.93. The fourth-order valence-electron chi connectivity index (χ4n) is 1.45. The summed E-state index contributed by atoms with van der Waals surface area (Å²) in [6.07, 6.45) is 0. The van der Waals surface area contributed by atoms with Crippen LogP contribution in [-0.2, 0) is 0 Å². The van der Waals surface area contributed by atoms with Crippen molar-refractivity contribution in [3.63, 3.8) is 0 Å². The van der Waals surface area contributed by atoms with E-state index in [0.717, 1.165) is 10.0 Å². The second-order valence-corrected chi connectivity index (χ2v) is 5.78. The van der Waals surface area contributed by atoms with Gasteiger partial charge in [-0.25, -0.2) is 0 Å². The summed E-state index contributed by atoms with van der Waals surface area (Å²) in [5.41, 5.74) is 6.51. The maximum absolute atomic E-state index is 12.1. The maximum Gasteiger partial charge on any atom is 0.252 e. The van der Waals surface area contributed by atoms with Crippen molar-refractivity contribution in [2.45, 2.75) is 20.8 Å². The van der Waals surface area contributed by atoms with Gasteiger partial charge in [0.15, 0.2) is 0 Å². The Labute approximate surface area is 121 Å². The van der Waals surface area contributed by atoms with Crippen molar-refractivity contribution in [3.8, 4) is 0 Å². The van der Waals surface area contributed by atoms with Gasteiger partial charge in [-0.1, -0.05) is 31.1 Å². The van der Waals surface area contributed by atoms with Gasteiger partial charge in [0.1, 0.15) is 5.84 Å². The highest BCUT2D eigenvalue weighted by molar-refractivity contribution is 9.10. The van der Waals surface area contributed by atoms with Crippen LogP contribution in [0.4, 0.5) is 0 Å². The van der Waals surface area contributed by atoms with Gasteiger partial charge in [0, 0.05) is 16.4 Å². The van der Waals surface area contributed by atoms with Crippen LogP contribution in [0.3, 0.4) is 0 Å². The Morgan fingerprint density at radius 3 is 2.74 bits per heavy atom. The minimum Gasteiger partial charge on any atom is -0.409 e. The zero-order chi connectivity index (χ0) is 14.6. The van der Waals surface area contributed by atoms with E-state index in [1.807, 2.05) is 19.1 Å². The molecule has 6 heteroatoms. The summed E-state index contributed by atoms with van der Waals surface area (Å²) >= 11 is 3.39. The highest BCUT2D eigenvalue weighted by atomic mass is 79.9. The number of benzene rings is 1. The SMILES string of the molecule is Cc1cccc(C(=O)NCC(C)(C)/C(N)=N/O)c1Br. The van der Waals surface area contributed by atoms with Crippen molar-refractivity contribution < 1.29 is 10.0 Å². The molecule has 1 aromatic rings. The summed E-state index contributed by atoms with van der Waals surface area (Å²) in [5, 5.41) is 14.4. The van der Waals surface area contributed by atoms with Gasteiger partial charge in [-0.15, -0.1) is 0 Å². The number of nitrogens with one attached hydrogen (secondary N) is 1. The van der Waals surface area contributed by atoms with E-state index in [4.69, 9.17) is 10.9 Å². The van der Waals surface area contributed by atoms with E-state index < -0.39 is 5.41 Å². The van der Waals surface area contributed by atoms with Crippen molar-refractivity contribution in [3.05, 3.63) is 33.8 Å². The lowest BCUT2D eigenvalue weighted by Gasteiger charge is -2.23. The van der Waals surface area contributed by atoms with Gasteiger partial charge < -0.3 is 16.3 Å². The lowest BCUT2D eigenvalue weighted by Crippen LogP contribution is -2.42. The van der Waals surface area contributed by atoms with Crippen molar-refractivity contribution >= 4 is 27.7 Å². The molecule has 0 aliphatic heterocycles. The molecule has 0 heterocycles. The van der Waals surface area contributed by atoms with E-state index in [9.17, 15) is 4.79 Å². The number of carbonyl (C=O) groups is 1. The summed E-state index contributed by atoms with van der Waals surface area (Å²) in [6.45, 7) is 5.77. The predicted molar refractivity (Wildman–Crippen MR) is 78.4 cm³/mol. The van der Waals surface area contributed by atoms with Gasteiger partial charge in [-0.2, -0.15) is 0 Å². The normalized spacial score (nSPS) is 12.3. The Morgan fingerprint density at radius 1 is 1.53 bits per heavy atom. The molecule has 0 atom stereocenters. The first kappa shape index (κ1) is 15.5. The van der Waals surface area contributed by atoms with Crippen LogP contribution >= 0.6 is 15.9 Å². The topological polar surface area (TPSA) is 87.7 Å². The second kappa shape index (κ2) is 6.06. The molecule has 0 aliphatic carbocycles. The molecule has 0 aliphatic rings. The highest BCUT2D eigenvalue weighted by Gasteiger charge is 2.25. The quantitative estimate of drug-likeness (QED) is 0.343. The fourth-order valence-corrected chi connectivity index (χ4v) is 1.89. The Hall–Kier alpha value is -1.56. The lowest BCUT2D eigenvalue weighted by atomic mass is 9.92. The van der Waals surface area contributed by atoms with Crippen LogP contribution in [0.15, 0.2) is 27.8 Å². The van der Waals surface area contributed by atoms with Crippen molar-refractivity contribution in [1.29, 1.82) is 0 Å². The minimum atomic E-state index is -0.610. The molecule has 5 nitrogen and oxygen atoms in total. The third kappa shape index (κ3) is 3.70. The van der Waals surface area contributed by atoms with E-state index in [1.165, 1.54) is 0 Å². The summed E-state index contributed by atoms with van der Waals surface area (Å²) in [6, 6.07) is 5.48. The molecule has 19 heavy (non-hydrogen) atoms. The molecule has 0 bridgehead atoms. The van der Waals surface area contributed by atoms with Crippen LogP contribution in [-0.4, -0.2) is 23.5 Å². The number of halogens is 1. The largest absolute Gasteiger partial charge is 0.409 e. The van der Waals surface area contributed by atoms with Crippen molar-refractivity contribution in [2.24, 2.45) is 16.3 Å². The maximum atomic E-state index is 12.1. The van der Waals surface area contributed by atoms with Crippen molar-refractivity contribution in [2.75, 3.05) is 6.54 Å². The van der Waals surface area contributed by atoms with Crippen LogP contribution in [0.5, 0.6) is 0 Å². The average Bonchev–Trinajstić information content (AvgIpc) is 2.38. The molecule has 0 saturated carbocycles. The molecular formula is C13H18BrN3O2. The smallest absolute Gasteiger partial charge is 0.252 e. The van der Waals surface area contributed by atoms with E-state index in [0.29, 0.717) is 5.56 Å². The zero-order valence-electron chi connectivity index (χ0n) is 11.2. The van der Waals surface area contributed by atoms with E-state index >= 15 is 0 Å². The van der Waals surface area contributed by atoms with Crippen LogP contribution in [0, 0.1) is 12.3 Å². The van der Waals surface area contributed by atoms with E-state index in [1.54, 1.807) is 19.9 Å². The Kier molecular flexibility index (Phi) is 4.94. The first-order chi connectivity index (χ1) is 8.79. The number of hydrogen-bond acceptors (Lipinski definition) is 3. The van der Waals surface area contributed by atoms with Crippen LogP contribution in [0.2, 0.25) is 0 Å². The van der Waals surface area contributed by atoms with Crippen molar-refractivity contribution in [1.82, 2.24) is 5.32 Å². The first-order valence-corrected chi connectivity index (χ1v) is 6.60. The summed E-state index contributed by atoms with van der Waals surface area (Å²) in [5.74, 6) is -0.120.